The smallest absolute Gasteiger partial charge is 0.379 e. The van der Waals surface area contributed by atoms with Crippen molar-refractivity contribution in [2.24, 2.45) is 16.6 Å². The number of aromatic nitrogens is 1. The Bertz CT molecular complexity index is 949. The fourth-order valence-electron chi connectivity index (χ4n) is 3.78. The number of rotatable bonds is 2. The normalized spacial score (nSPS) is 27.4. The minimum atomic E-state index is -4.51. The van der Waals surface area contributed by atoms with Crippen molar-refractivity contribution >= 4 is 16.9 Å². The van der Waals surface area contributed by atoms with E-state index in [1.54, 1.807) is 6.07 Å². The number of benzene rings is 1. The lowest BCUT2D eigenvalue weighted by atomic mass is 9.83. The van der Waals surface area contributed by atoms with Gasteiger partial charge < -0.3 is 10.5 Å². The van der Waals surface area contributed by atoms with Gasteiger partial charge in [-0.3, -0.25) is 9.98 Å². The second-order valence-electron chi connectivity index (χ2n) is 6.95. The topological polar surface area (TPSA) is 60.5 Å². The molecule has 2 N–H and O–H groups in total. The van der Waals surface area contributed by atoms with Crippen LogP contribution in [0.25, 0.3) is 11.1 Å². The van der Waals surface area contributed by atoms with Gasteiger partial charge in [-0.1, -0.05) is 17.8 Å². The van der Waals surface area contributed by atoms with Gasteiger partial charge in [-0.25, -0.2) is 4.39 Å². The summed E-state index contributed by atoms with van der Waals surface area (Å²) >= 11 is 1.25. The summed E-state index contributed by atoms with van der Waals surface area (Å²) < 4.78 is 59.0. The Labute approximate surface area is 163 Å². The molecule has 0 amide bonds. The molecule has 148 valence electrons. The molecule has 0 unspecified atom stereocenters. The molecule has 1 aromatic heterocycles. The molecule has 0 radical (unpaired) electrons. The predicted molar refractivity (Wildman–Crippen MR) is 99.3 cm³/mol. The zero-order valence-corrected chi connectivity index (χ0v) is 15.6. The van der Waals surface area contributed by atoms with E-state index in [0.29, 0.717) is 22.8 Å². The zero-order chi connectivity index (χ0) is 20.1. The van der Waals surface area contributed by atoms with Gasteiger partial charge in [-0.15, -0.1) is 0 Å². The van der Waals surface area contributed by atoms with Crippen molar-refractivity contribution in [1.82, 2.24) is 4.98 Å². The van der Waals surface area contributed by atoms with Crippen LogP contribution in [-0.4, -0.2) is 29.4 Å². The maximum atomic E-state index is 14.9. The Kier molecular flexibility index (Phi) is 4.62. The highest BCUT2D eigenvalue weighted by Crippen LogP contribution is 2.53. The second kappa shape index (κ2) is 6.73. The highest BCUT2D eigenvalue weighted by Gasteiger charge is 2.53. The van der Waals surface area contributed by atoms with Crippen molar-refractivity contribution in [3.8, 4) is 11.1 Å². The number of amidine groups is 1. The van der Waals surface area contributed by atoms with Crippen LogP contribution in [0.5, 0.6) is 0 Å². The van der Waals surface area contributed by atoms with Gasteiger partial charge in [-0.05, 0) is 30.7 Å². The lowest BCUT2D eigenvalue weighted by molar-refractivity contribution is -0.137. The van der Waals surface area contributed by atoms with Crippen LogP contribution in [0.3, 0.4) is 0 Å². The molecule has 4 rings (SSSR count). The number of nitrogens with zero attached hydrogens (tertiary/aromatic N) is 2. The van der Waals surface area contributed by atoms with Crippen LogP contribution >= 0.6 is 11.8 Å². The fourth-order valence-corrected chi connectivity index (χ4v) is 5.10. The van der Waals surface area contributed by atoms with E-state index in [9.17, 15) is 17.6 Å². The minimum absolute atomic E-state index is 0.0887. The Hall–Kier alpha value is -2.13. The van der Waals surface area contributed by atoms with Crippen LogP contribution in [0, 0.1) is 11.7 Å². The van der Waals surface area contributed by atoms with Crippen LogP contribution in [0.2, 0.25) is 0 Å². The molecular formula is C19H17F4N3OS. The third kappa shape index (κ3) is 3.16. The molecule has 9 heteroatoms. The Morgan fingerprint density at radius 2 is 2.00 bits per heavy atom. The van der Waals surface area contributed by atoms with E-state index >= 15 is 0 Å². The molecule has 3 atom stereocenters. The number of nitrogens with two attached hydrogens (primary N) is 1. The molecule has 0 spiro atoms. The van der Waals surface area contributed by atoms with Gasteiger partial charge in [0.2, 0.25) is 0 Å². The maximum absolute atomic E-state index is 14.9. The first-order chi connectivity index (χ1) is 13.2. The summed E-state index contributed by atoms with van der Waals surface area (Å²) in [7, 11) is 0. The number of ether oxygens (including phenoxy) is 1. The molecule has 0 saturated carbocycles. The molecular weight excluding hydrogens is 394 g/mol. The lowest BCUT2D eigenvalue weighted by Gasteiger charge is -2.37. The minimum Gasteiger partial charge on any atom is -0.379 e. The number of hydrogen-bond acceptors (Lipinski definition) is 5. The summed E-state index contributed by atoms with van der Waals surface area (Å²) in [6, 6.07) is 5.30. The number of aliphatic imine (C=N–C) groups is 1. The number of halogens is 4. The largest absolute Gasteiger partial charge is 0.417 e. The molecule has 1 saturated heterocycles. The number of thioether (sulfide) groups is 1. The number of alkyl halides is 3. The quantitative estimate of drug-likeness (QED) is 0.753. The van der Waals surface area contributed by atoms with Gasteiger partial charge in [0.05, 0.1) is 23.0 Å². The van der Waals surface area contributed by atoms with E-state index in [0.717, 1.165) is 12.3 Å². The van der Waals surface area contributed by atoms with E-state index in [4.69, 9.17) is 10.5 Å². The van der Waals surface area contributed by atoms with Gasteiger partial charge in [0.1, 0.15) is 5.82 Å². The summed E-state index contributed by atoms with van der Waals surface area (Å²) in [5.41, 5.74) is 6.14. The molecule has 2 aromatic rings. The van der Waals surface area contributed by atoms with Crippen molar-refractivity contribution in [1.29, 1.82) is 0 Å². The summed E-state index contributed by atoms with van der Waals surface area (Å²) in [5.74, 6) is -0.539. The summed E-state index contributed by atoms with van der Waals surface area (Å²) in [4.78, 5) is 7.96. The Balaban J connectivity index is 1.82. The molecule has 2 aliphatic rings. The van der Waals surface area contributed by atoms with Crippen LogP contribution in [0.15, 0.2) is 41.7 Å². The summed E-state index contributed by atoms with van der Waals surface area (Å²) in [6.45, 7) is 2.57. The number of fused-ring (bicyclic) bond motifs is 1. The van der Waals surface area contributed by atoms with E-state index in [-0.39, 0.29) is 24.2 Å². The monoisotopic (exact) mass is 411 g/mol. The second-order valence-corrected chi connectivity index (χ2v) is 8.30. The standard InChI is InChI=1S/C19H17F4N3OS/c1-10-15-8-26-17(24)28-18(15,9-27-10)14-5-11(2-3-16(14)20)12-4-13(7-25-6-12)19(21,22)23/h2-7,10,15H,8-9H2,1H3,(H2,24,26)/t10-,15+,18-/m1/s1. The molecule has 1 fully saturated rings. The SMILES string of the molecule is C[C@H]1OC[C@]2(c3cc(-c4cncc(C(F)(F)F)c4)ccc3F)SC(N)=NC[C@@H]12. The van der Waals surface area contributed by atoms with Crippen LogP contribution in [-0.2, 0) is 15.7 Å². The molecule has 0 bridgehead atoms. The predicted octanol–water partition coefficient (Wildman–Crippen LogP) is 4.20. The highest BCUT2D eigenvalue weighted by molar-refractivity contribution is 8.14. The number of hydrogen-bond donors (Lipinski definition) is 1. The van der Waals surface area contributed by atoms with Crippen LogP contribution < -0.4 is 5.73 Å². The Morgan fingerprint density at radius 1 is 1.21 bits per heavy atom. The van der Waals surface area contributed by atoms with Crippen LogP contribution in [0.1, 0.15) is 18.1 Å². The molecule has 0 aliphatic carbocycles. The molecule has 2 aliphatic heterocycles. The first kappa shape index (κ1) is 19.2. The first-order valence-electron chi connectivity index (χ1n) is 8.64. The lowest BCUT2D eigenvalue weighted by Crippen LogP contribution is -2.41. The van der Waals surface area contributed by atoms with E-state index in [2.05, 4.69) is 9.98 Å². The highest BCUT2D eigenvalue weighted by atomic mass is 32.2. The molecule has 28 heavy (non-hydrogen) atoms. The van der Waals surface area contributed by atoms with Crippen molar-refractivity contribution in [3.05, 3.63) is 53.6 Å². The fraction of sp³-hybridized carbons (Fsp3) is 0.368. The zero-order valence-electron chi connectivity index (χ0n) is 14.8. The molecule has 3 heterocycles. The van der Waals surface area contributed by atoms with Crippen molar-refractivity contribution in [3.63, 3.8) is 0 Å². The van der Waals surface area contributed by atoms with Crippen molar-refractivity contribution < 1.29 is 22.3 Å². The average molecular weight is 411 g/mol. The third-order valence-electron chi connectivity index (χ3n) is 5.28. The number of pyridine rings is 1. The van der Waals surface area contributed by atoms with Gasteiger partial charge in [0, 0.05) is 36.0 Å². The van der Waals surface area contributed by atoms with Crippen molar-refractivity contribution in [2.75, 3.05) is 13.2 Å². The maximum Gasteiger partial charge on any atom is 0.417 e. The summed E-state index contributed by atoms with van der Waals surface area (Å²) in [6.07, 6.45) is -2.54. The Morgan fingerprint density at radius 3 is 2.75 bits per heavy atom. The van der Waals surface area contributed by atoms with Crippen LogP contribution in [0.4, 0.5) is 17.6 Å². The van der Waals surface area contributed by atoms with E-state index in [1.165, 1.54) is 30.1 Å². The van der Waals surface area contributed by atoms with Gasteiger partial charge >= 0.3 is 6.18 Å². The van der Waals surface area contributed by atoms with E-state index in [1.807, 2.05) is 6.92 Å². The average Bonchev–Trinajstić information content (AvgIpc) is 2.98. The summed E-state index contributed by atoms with van der Waals surface area (Å²) in [5, 5.41) is 0.347. The molecule has 1 aromatic carbocycles. The third-order valence-corrected chi connectivity index (χ3v) is 6.62. The van der Waals surface area contributed by atoms with Gasteiger partial charge in [0.15, 0.2) is 5.17 Å². The van der Waals surface area contributed by atoms with Gasteiger partial charge in [-0.2, -0.15) is 13.2 Å². The first-order valence-corrected chi connectivity index (χ1v) is 9.45. The molecule has 4 nitrogen and oxygen atoms in total. The van der Waals surface area contributed by atoms with Crippen molar-refractivity contribution in [2.45, 2.75) is 24.0 Å². The van der Waals surface area contributed by atoms with E-state index < -0.39 is 22.3 Å². The van der Waals surface area contributed by atoms with Gasteiger partial charge in [0.25, 0.3) is 0 Å².